The molecule has 0 heterocycles. The minimum Gasteiger partial charge on any atom is -0.329 e. The summed E-state index contributed by atoms with van der Waals surface area (Å²) in [4.78, 5) is 0. The third-order valence-corrected chi connectivity index (χ3v) is 3.80. The van der Waals surface area contributed by atoms with Crippen molar-refractivity contribution in [3.8, 4) is 0 Å². The van der Waals surface area contributed by atoms with Gasteiger partial charge >= 0.3 is 0 Å². The summed E-state index contributed by atoms with van der Waals surface area (Å²) in [7, 11) is 0. The van der Waals surface area contributed by atoms with Crippen LogP contribution < -0.4 is 10.7 Å². The van der Waals surface area contributed by atoms with Gasteiger partial charge in [0.15, 0.2) is 5.11 Å². The molecule has 0 bridgehead atoms. The van der Waals surface area contributed by atoms with Crippen LogP contribution in [0, 0.1) is 5.82 Å². The van der Waals surface area contributed by atoms with Crippen LogP contribution in [0.2, 0.25) is 0 Å². The summed E-state index contributed by atoms with van der Waals surface area (Å²) in [5, 5.41) is 7.48. The van der Waals surface area contributed by atoms with Gasteiger partial charge in [0.05, 0.1) is 11.4 Å². The predicted octanol–water partition coefficient (Wildman–Crippen LogP) is 3.85. The molecule has 0 amide bonds. The van der Waals surface area contributed by atoms with E-state index in [2.05, 4.69) is 28.0 Å². The number of benzene rings is 2. The topological polar surface area (TPSA) is 36.4 Å². The van der Waals surface area contributed by atoms with Gasteiger partial charge in [-0.15, -0.1) is 0 Å². The second-order valence-corrected chi connectivity index (χ2v) is 5.52. The van der Waals surface area contributed by atoms with Crippen molar-refractivity contribution in [1.29, 1.82) is 0 Å². The van der Waals surface area contributed by atoms with Crippen molar-refractivity contribution in [2.75, 3.05) is 5.32 Å². The minimum absolute atomic E-state index is 0.278. The highest BCUT2D eigenvalue weighted by atomic mass is 32.1. The molecule has 0 saturated heterocycles. The molecule has 3 nitrogen and oxygen atoms in total. The standard InChI is InChI=1S/C17H16FN3S/c18-14-9-3-4-10-16(14)19-17(22)21-20-15-11-5-7-12-6-1-2-8-13(12)15/h1-4,6,8-10H,5,7,11H2,(H2,19,21,22). The molecule has 0 radical (unpaired) electrons. The number of aryl methyl sites for hydroxylation is 1. The molecule has 0 aromatic heterocycles. The summed E-state index contributed by atoms with van der Waals surface area (Å²) in [6, 6.07) is 14.6. The molecule has 0 saturated carbocycles. The Morgan fingerprint density at radius 1 is 1.05 bits per heavy atom. The van der Waals surface area contributed by atoms with Gasteiger partial charge in [-0.2, -0.15) is 5.10 Å². The van der Waals surface area contributed by atoms with Crippen LogP contribution in [-0.4, -0.2) is 10.8 Å². The van der Waals surface area contributed by atoms with Crippen molar-refractivity contribution in [3.05, 3.63) is 65.5 Å². The molecule has 3 rings (SSSR count). The minimum atomic E-state index is -0.345. The van der Waals surface area contributed by atoms with Crippen molar-refractivity contribution in [1.82, 2.24) is 5.43 Å². The van der Waals surface area contributed by atoms with Crippen LogP contribution in [0.1, 0.15) is 24.0 Å². The highest BCUT2D eigenvalue weighted by Crippen LogP contribution is 2.21. The van der Waals surface area contributed by atoms with Crippen molar-refractivity contribution < 1.29 is 4.39 Å². The molecule has 1 aliphatic rings. The largest absolute Gasteiger partial charge is 0.329 e. The van der Waals surface area contributed by atoms with Crippen LogP contribution in [0.15, 0.2) is 53.6 Å². The molecule has 22 heavy (non-hydrogen) atoms. The predicted molar refractivity (Wildman–Crippen MR) is 91.7 cm³/mol. The van der Waals surface area contributed by atoms with Crippen molar-refractivity contribution in [2.24, 2.45) is 5.10 Å². The molecule has 0 aliphatic heterocycles. The van der Waals surface area contributed by atoms with Gasteiger partial charge < -0.3 is 5.32 Å². The van der Waals surface area contributed by atoms with E-state index < -0.39 is 0 Å². The van der Waals surface area contributed by atoms with Crippen molar-refractivity contribution >= 4 is 28.7 Å². The van der Waals surface area contributed by atoms with E-state index in [1.54, 1.807) is 18.2 Å². The molecule has 0 fully saturated rings. The number of halogens is 1. The highest BCUT2D eigenvalue weighted by Gasteiger charge is 2.14. The molecular weight excluding hydrogens is 297 g/mol. The van der Waals surface area contributed by atoms with E-state index in [1.807, 2.05) is 12.1 Å². The van der Waals surface area contributed by atoms with E-state index in [4.69, 9.17) is 12.2 Å². The molecule has 112 valence electrons. The molecule has 0 atom stereocenters. The van der Waals surface area contributed by atoms with E-state index in [-0.39, 0.29) is 10.9 Å². The van der Waals surface area contributed by atoms with Crippen LogP contribution in [-0.2, 0) is 6.42 Å². The Balaban J connectivity index is 1.70. The lowest BCUT2D eigenvalue weighted by Gasteiger charge is -2.18. The van der Waals surface area contributed by atoms with Gasteiger partial charge in [0.1, 0.15) is 5.82 Å². The van der Waals surface area contributed by atoms with Gasteiger partial charge in [-0.1, -0.05) is 36.4 Å². The molecule has 2 aromatic carbocycles. The second-order valence-electron chi connectivity index (χ2n) is 5.11. The Bertz CT molecular complexity index is 727. The number of fused-ring (bicyclic) bond motifs is 1. The summed E-state index contributed by atoms with van der Waals surface area (Å²) < 4.78 is 13.6. The van der Waals surface area contributed by atoms with E-state index in [0.29, 0.717) is 5.69 Å². The van der Waals surface area contributed by atoms with Crippen LogP contribution in [0.4, 0.5) is 10.1 Å². The van der Waals surface area contributed by atoms with E-state index in [1.165, 1.54) is 11.6 Å². The first kappa shape index (κ1) is 14.7. The number of rotatable bonds is 2. The molecule has 0 unspecified atom stereocenters. The number of anilines is 1. The Morgan fingerprint density at radius 2 is 1.82 bits per heavy atom. The summed E-state index contributed by atoms with van der Waals surface area (Å²) in [6.07, 6.45) is 3.06. The fraction of sp³-hybridized carbons (Fsp3) is 0.176. The zero-order valence-electron chi connectivity index (χ0n) is 12.0. The first-order valence-corrected chi connectivity index (χ1v) is 7.61. The quantitative estimate of drug-likeness (QED) is 0.653. The first-order valence-electron chi connectivity index (χ1n) is 7.20. The number of para-hydroxylation sites is 1. The van der Waals surface area contributed by atoms with Crippen LogP contribution >= 0.6 is 12.2 Å². The Morgan fingerprint density at radius 3 is 2.68 bits per heavy atom. The third kappa shape index (κ3) is 3.31. The van der Waals surface area contributed by atoms with E-state index in [9.17, 15) is 4.39 Å². The highest BCUT2D eigenvalue weighted by molar-refractivity contribution is 7.80. The van der Waals surface area contributed by atoms with Gasteiger partial charge in [-0.3, -0.25) is 5.43 Å². The molecule has 0 spiro atoms. The fourth-order valence-corrected chi connectivity index (χ4v) is 2.70. The number of hydrogen-bond acceptors (Lipinski definition) is 2. The Labute approximate surface area is 134 Å². The number of nitrogens with one attached hydrogen (secondary N) is 2. The Hall–Kier alpha value is -2.27. The Kier molecular flexibility index (Phi) is 4.44. The molecule has 2 N–H and O–H groups in total. The smallest absolute Gasteiger partial charge is 0.191 e. The van der Waals surface area contributed by atoms with Crippen LogP contribution in [0.5, 0.6) is 0 Å². The zero-order chi connectivity index (χ0) is 15.4. The lowest BCUT2D eigenvalue weighted by molar-refractivity contribution is 0.632. The normalized spacial score (nSPS) is 15.2. The average molecular weight is 313 g/mol. The number of hydrazone groups is 1. The van der Waals surface area contributed by atoms with Gasteiger partial charge in [0.25, 0.3) is 0 Å². The maximum absolute atomic E-state index is 13.6. The molecule has 1 aliphatic carbocycles. The lowest BCUT2D eigenvalue weighted by atomic mass is 9.90. The summed E-state index contributed by atoms with van der Waals surface area (Å²) >= 11 is 5.17. The summed E-state index contributed by atoms with van der Waals surface area (Å²) in [5.74, 6) is -0.345. The molecule has 5 heteroatoms. The maximum atomic E-state index is 13.6. The van der Waals surface area contributed by atoms with E-state index >= 15 is 0 Å². The summed E-state index contributed by atoms with van der Waals surface area (Å²) in [5.41, 5.74) is 6.60. The van der Waals surface area contributed by atoms with Gasteiger partial charge in [-0.25, -0.2) is 4.39 Å². The van der Waals surface area contributed by atoms with Gasteiger partial charge in [0.2, 0.25) is 0 Å². The van der Waals surface area contributed by atoms with Crippen molar-refractivity contribution in [3.63, 3.8) is 0 Å². The lowest BCUT2D eigenvalue weighted by Crippen LogP contribution is -2.26. The monoisotopic (exact) mass is 313 g/mol. The number of nitrogens with zero attached hydrogens (tertiary/aromatic N) is 1. The van der Waals surface area contributed by atoms with Crippen LogP contribution in [0.3, 0.4) is 0 Å². The van der Waals surface area contributed by atoms with Crippen LogP contribution in [0.25, 0.3) is 0 Å². The number of hydrogen-bond donors (Lipinski definition) is 2. The third-order valence-electron chi connectivity index (χ3n) is 3.60. The first-order chi connectivity index (χ1) is 10.7. The van der Waals surface area contributed by atoms with Gasteiger partial charge in [-0.05, 0) is 49.2 Å². The zero-order valence-corrected chi connectivity index (χ0v) is 12.8. The van der Waals surface area contributed by atoms with Gasteiger partial charge in [0, 0.05) is 5.56 Å². The van der Waals surface area contributed by atoms with E-state index in [0.717, 1.165) is 30.5 Å². The average Bonchev–Trinajstić information content (AvgIpc) is 2.55. The molecule has 2 aromatic rings. The molecular formula is C17H16FN3S. The second kappa shape index (κ2) is 6.66. The number of thiocarbonyl (C=S) groups is 1. The SMILES string of the molecule is Fc1ccccc1NC(=S)NN=C1CCCc2ccccc21. The maximum Gasteiger partial charge on any atom is 0.191 e. The fourth-order valence-electron chi connectivity index (χ4n) is 2.55. The summed E-state index contributed by atoms with van der Waals surface area (Å²) in [6.45, 7) is 0. The van der Waals surface area contributed by atoms with Crippen molar-refractivity contribution in [2.45, 2.75) is 19.3 Å².